The van der Waals surface area contributed by atoms with E-state index in [-0.39, 0.29) is 0 Å². The molecule has 0 aliphatic rings. The molecule has 0 aromatic heterocycles. The average molecular weight is 300 g/mol. The van der Waals surface area contributed by atoms with Crippen LogP contribution in [-0.2, 0) is 6.54 Å². The third-order valence-electron chi connectivity index (χ3n) is 2.75. The molecule has 0 fully saturated rings. The number of thioether (sulfide) groups is 1. The highest BCUT2D eigenvalue weighted by molar-refractivity contribution is 7.98. The Morgan fingerprint density at radius 3 is 2.79 bits per heavy atom. The lowest BCUT2D eigenvalue weighted by Gasteiger charge is -2.22. The van der Waals surface area contributed by atoms with Crippen molar-refractivity contribution in [2.45, 2.75) is 13.0 Å². The van der Waals surface area contributed by atoms with E-state index in [0.717, 1.165) is 41.8 Å². The van der Waals surface area contributed by atoms with Crippen LogP contribution in [0.4, 0.5) is 0 Å². The molecule has 1 aromatic carbocycles. The molecule has 0 amide bonds. The Morgan fingerprint density at radius 1 is 1.42 bits per heavy atom. The Kier molecular flexibility index (Phi) is 7.75. The van der Waals surface area contributed by atoms with Gasteiger partial charge in [0, 0.05) is 32.2 Å². The van der Waals surface area contributed by atoms with Crippen LogP contribution in [0, 0.1) is 0 Å². The Bertz CT molecular complexity index is 409. The predicted octanol–water partition coefficient (Wildman–Crippen LogP) is 3.10. The first-order valence-corrected chi connectivity index (χ1v) is 8.10. The quantitative estimate of drug-likeness (QED) is 0.497. The minimum Gasteiger partial charge on any atom is -0.356 e. The zero-order valence-corrected chi connectivity index (χ0v) is 13.4. The number of hydrogen-bond acceptors (Lipinski definition) is 2. The van der Waals surface area contributed by atoms with E-state index in [9.17, 15) is 0 Å². The summed E-state index contributed by atoms with van der Waals surface area (Å²) in [6.45, 7) is 1.70. The number of aliphatic imine (C=N–C) groups is 1. The van der Waals surface area contributed by atoms with Gasteiger partial charge in [-0.1, -0.05) is 29.8 Å². The van der Waals surface area contributed by atoms with Gasteiger partial charge in [0.1, 0.15) is 0 Å². The summed E-state index contributed by atoms with van der Waals surface area (Å²) in [4.78, 5) is 6.38. The first-order chi connectivity index (χ1) is 9.19. The van der Waals surface area contributed by atoms with Crippen LogP contribution in [0.3, 0.4) is 0 Å². The summed E-state index contributed by atoms with van der Waals surface area (Å²) in [5.41, 5.74) is 1.11. The SMILES string of the molecule is CN=C(NCCCSC)N(C)Cc1ccccc1Cl. The Labute approximate surface area is 125 Å². The zero-order valence-electron chi connectivity index (χ0n) is 11.8. The second-order valence-electron chi connectivity index (χ2n) is 4.27. The minimum absolute atomic E-state index is 0.752. The summed E-state index contributed by atoms with van der Waals surface area (Å²) in [6, 6.07) is 7.91. The third-order valence-corrected chi connectivity index (χ3v) is 3.81. The van der Waals surface area contributed by atoms with Gasteiger partial charge in [-0.2, -0.15) is 11.8 Å². The Hall–Kier alpha value is -0.870. The number of rotatable bonds is 6. The van der Waals surface area contributed by atoms with E-state index in [1.165, 1.54) is 0 Å². The van der Waals surface area contributed by atoms with Crippen LogP contribution >= 0.6 is 23.4 Å². The molecule has 0 heterocycles. The fraction of sp³-hybridized carbons (Fsp3) is 0.500. The van der Waals surface area contributed by atoms with Crippen LogP contribution in [-0.4, -0.2) is 43.5 Å². The molecule has 3 nitrogen and oxygen atoms in total. The standard InChI is InChI=1S/C14H22ClN3S/c1-16-14(17-9-6-10-19-3)18(2)11-12-7-4-5-8-13(12)15/h4-5,7-8H,6,9-11H2,1-3H3,(H,16,17). The molecule has 1 aromatic rings. The van der Waals surface area contributed by atoms with E-state index < -0.39 is 0 Å². The summed E-state index contributed by atoms with van der Waals surface area (Å²) >= 11 is 8.04. The van der Waals surface area contributed by atoms with Gasteiger partial charge < -0.3 is 10.2 Å². The van der Waals surface area contributed by atoms with Crippen molar-refractivity contribution < 1.29 is 0 Å². The topological polar surface area (TPSA) is 27.6 Å². The van der Waals surface area contributed by atoms with E-state index in [2.05, 4.69) is 21.5 Å². The van der Waals surface area contributed by atoms with Crippen molar-refractivity contribution in [3.63, 3.8) is 0 Å². The molecule has 5 heteroatoms. The van der Waals surface area contributed by atoms with Crippen LogP contribution in [0.1, 0.15) is 12.0 Å². The molecule has 106 valence electrons. The first-order valence-electron chi connectivity index (χ1n) is 6.33. The van der Waals surface area contributed by atoms with Crippen LogP contribution in [0.5, 0.6) is 0 Å². The normalized spacial score (nSPS) is 11.5. The number of nitrogens with one attached hydrogen (secondary N) is 1. The lowest BCUT2D eigenvalue weighted by molar-refractivity contribution is 0.477. The summed E-state index contributed by atoms with van der Waals surface area (Å²) in [6.07, 6.45) is 3.26. The molecule has 0 unspecified atom stereocenters. The second-order valence-corrected chi connectivity index (χ2v) is 5.66. The van der Waals surface area contributed by atoms with Gasteiger partial charge in [-0.15, -0.1) is 0 Å². The monoisotopic (exact) mass is 299 g/mol. The molecule has 1 rings (SSSR count). The lowest BCUT2D eigenvalue weighted by atomic mass is 10.2. The van der Waals surface area contributed by atoms with Crippen molar-refractivity contribution in [1.29, 1.82) is 0 Å². The average Bonchev–Trinajstić information content (AvgIpc) is 2.41. The van der Waals surface area contributed by atoms with E-state index in [1.807, 2.05) is 43.1 Å². The maximum atomic E-state index is 6.17. The second kappa shape index (κ2) is 9.10. The highest BCUT2D eigenvalue weighted by atomic mass is 35.5. The largest absolute Gasteiger partial charge is 0.356 e. The molecular formula is C14H22ClN3S. The number of halogens is 1. The number of nitrogens with zero attached hydrogens (tertiary/aromatic N) is 2. The van der Waals surface area contributed by atoms with Crippen molar-refractivity contribution in [2.24, 2.45) is 4.99 Å². The molecular weight excluding hydrogens is 278 g/mol. The van der Waals surface area contributed by atoms with Crippen LogP contribution in [0.2, 0.25) is 5.02 Å². The lowest BCUT2D eigenvalue weighted by Crippen LogP contribution is -2.39. The van der Waals surface area contributed by atoms with Crippen LogP contribution in [0.25, 0.3) is 0 Å². The summed E-state index contributed by atoms with van der Waals surface area (Å²) in [7, 11) is 3.83. The zero-order chi connectivity index (χ0) is 14.1. The van der Waals surface area contributed by atoms with Gasteiger partial charge in [0.15, 0.2) is 5.96 Å². The number of benzene rings is 1. The van der Waals surface area contributed by atoms with Crippen molar-refractivity contribution in [3.8, 4) is 0 Å². The first kappa shape index (κ1) is 16.2. The predicted molar refractivity (Wildman–Crippen MR) is 87.3 cm³/mol. The van der Waals surface area contributed by atoms with Crippen molar-refractivity contribution >= 4 is 29.3 Å². The molecule has 0 spiro atoms. The van der Waals surface area contributed by atoms with Gasteiger partial charge in [0.25, 0.3) is 0 Å². The van der Waals surface area contributed by atoms with Gasteiger partial charge in [-0.05, 0) is 30.1 Å². The number of hydrogen-bond donors (Lipinski definition) is 1. The molecule has 1 N–H and O–H groups in total. The highest BCUT2D eigenvalue weighted by Gasteiger charge is 2.07. The van der Waals surface area contributed by atoms with E-state index in [0.29, 0.717) is 0 Å². The van der Waals surface area contributed by atoms with Gasteiger partial charge >= 0.3 is 0 Å². The van der Waals surface area contributed by atoms with E-state index in [4.69, 9.17) is 11.6 Å². The van der Waals surface area contributed by atoms with Gasteiger partial charge in [-0.3, -0.25) is 4.99 Å². The molecule has 0 atom stereocenters. The molecule has 0 saturated carbocycles. The Morgan fingerprint density at radius 2 is 2.16 bits per heavy atom. The molecule has 0 aliphatic carbocycles. The fourth-order valence-corrected chi connectivity index (χ4v) is 2.39. The Balaban J connectivity index is 2.50. The van der Waals surface area contributed by atoms with E-state index in [1.54, 1.807) is 7.05 Å². The van der Waals surface area contributed by atoms with Crippen LogP contribution in [0.15, 0.2) is 29.3 Å². The van der Waals surface area contributed by atoms with Gasteiger partial charge in [-0.25, -0.2) is 0 Å². The summed E-state index contributed by atoms with van der Waals surface area (Å²) in [5.74, 6) is 2.07. The summed E-state index contributed by atoms with van der Waals surface area (Å²) < 4.78 is 0. The van der Waals surface area contributed by atoms with Gasteiger partial charge in [0.2, 0.25) is 0 Å². The fourth-order valence-electron chi connectivity index (χ4n) is 1.76. The maximum Gasteiger partial charge on any atom is 0.193 e. The maximum absolute atomic E-state index is 6.17. The molecule has 0 saturated heterocycles. The van der Waals surface area contributed by atoms with Crippen molar-refractivity contribution in [2.75, 3.05) is 32.6 Å². The van der Waals surface area contributed by atoms with Crippen LogP contribution < -0.4 is 5.32 Å². The van der Waals surface area contributed by atoms with Crippen molar-refractivity contribution in [1.82, 2.24) is 10.2 Å². The third kappa shape index (κ3) is 5.74. The summed E-state index contributed by atoms with van der Waals surface area (Å²) in [5, 5.41) is 4.16. The van der Waals surface area contributed by atoms with Crippen molar-refractivity contribution in [3.05, 3.63) is 34.9 Å². The van der Waals surface area contributed by atoms with Gasteiger partial charge in [0.05, 0.1) is 0 Å². The minimum atomic E-state index is 0.752. The molecule has 0 bridgehead atoms. The molecule has 19 heavy (non-hydrogen) atoms. The highest BCUT2D eigenvalue weighted by Crippen LogP contribution is 2.16. The smallest absolute Gasteiger partial charge is 0.193 e. The molecule has 0 radical (unpaired) electrons. The molecule has 0 aliphatic heterocycles. The van der Waals surface area contributed by atoms with E-state index >= 15 is 0 Å². The number of guanidine groups is 1.